The highest BCUT2D eigenvalue weighted by molar-refractivity contribution is 9.10. The van der Waals surface area contributed by atoms with Crippen LogP contribution in [0.5, 0.6) is 0 Å². The molecule has 0 unspecified atom stereocenters. The van der Waals surface area contributed by atoms with E-state index in [2.05, 4.69) is 31.2 Å². The van der Waals surface area contributed by atoms with Crippen LogP contribution in [0.1, 0.15) is 0 Å². The van der Waals surface area contributed by atoms with E-state index in [0.29, 0.717) is 5.69 Å². The van der Waals surface area contributed by atoms with Crippen molar-refractivity contribution in [3.05, 3.63) is 58.0 Å². The lowest BCUT2D eigenvalue weighted by atomic mass is 10.2. The first kappa shape index (κ1) is 13.3. The highest BCUT2D eigenvalue weighted by Gasteiger charge is 2.06. The third kappa shape index (κ3) is 2.59. The Labute approximate surface area is 127 Å². The van der Waals surface area contributed by atoms with E-state index in [9.17, 15) is 4.39 Å². The molecule has 0 saturated carbocycles. The minimum Gasteiger partial charge on any atom is -0.354 e. The van der Waals surface area contributed by atoms with Crippen LogP contribution in [-0.2, 0) is 0 Å². The lowest BCUT2D eigenvalue weighted by molar-refractivity contribution is 0.628. The topological polar surface area (TPSA) is 37.8 Å². The maximum atomic E-state index is 13.1. The highest BCUT2D eigenvalue weighted by atomic mass is 79.9. The van der Waals surface area contributed by atoms with Crippen molar-refractivity contribution in [2.75, 3.05) is 5.32 Å². The van der Waals surface area contributed by atoms with Crippen LogP contribution in [0.15, 0.2) is 47.2 Å². The Balaban J connectivity index is 2.04. The minimum absolute atomic E-state index is 0.0732. The number of halogens is 3. The van der Waals surface area contributed by atoms with E-state index >= 15 is 0 Å². The van der Waals surface area contributed by atoms with Gasteiger partial charge in [-0.2, -0.15) is 0 Å². The molecular formula is C14H8BrClFN3. The van der Waals surface area contributed by atoms with E-state index in [1.807, 2.05) is 6.07 Å². The van der Waals surface area contributed by atoms with Crippen molar-refractivity contribution in [2.45, 2.75) is 0 Å². The minimum atomic E-state index is -0.446. The molecule has 0 amide bonds. The van der Waals surface area contributed by atoms with Gasteiger partial charge in [0.05, 0.1) is 16.2 Å². The largest absolute Gasteiger partial charge is 0.354 e. The fraction of sp³-hybridized carbons (Fsp3) is 0. The van der Waals surface area contributed by atoms with Gasteiger partial charge >= 0.3 is 0 Å². The molecule has 0 aliphatic rings. The average Bonchev–Trinajstić information content (AvgIpc) is 2.43. The number of aromatic nitrogens is 2. The summed E-state index contributed by atoms with van der Waals surface area (Å²) >= 11 is 9.13. The summed E-state index contributed by atoms with van der Waals surface area (Å²) in [5.41, 5.74) is 2.97. The maximum absolute atomic E-state index is 13.1. The number of nitrogens with zero attached hydrogens (tertiary/aromatic N) is 2. The van der Waals surface area contributed by atoms with Gasteiger partial charge in [0.2, 0.25) is 0 Å². The number of hydrogen-bond donors (Lipinski definition) is 1. The number of hydrogen-bond acceptors (Lipinski definition) is 3. The SMILES string of the molecule is Fc1ccc(Nc2ccnc3cc(Br)cnc23)cc1Cl. The summed E-state index contributed by atoms with van der Waals surface area (Å²) in [7, 11) is 0. The molecule has 0 saturated heterocycles. The molecule has 2 heterocycles. The second kappa shape index (κ2) is 5.34. The summed E-state index contributed by atoms with van der Waals surface area (Å²) in [5, 5.41) is 3.24. The van der Waals surface area contributed by atoms with Crippen molar-refractivity contribution >= 4 is 49.9 Å². The van der Waals surface area contributed by atoms with Crippen LogP contribution in [0.4, 0.5) is 15.8 Å². The van der Waals surface area contributed by atoms with E-state index in [0.717, 1.165) is 21.2 Å². The van der Waals surface area contributed by atoms with Crippen LogP contribution in [-0.4, -0.2) is 9.97 Å². The molecule has 0 atom stereocenters. The molecule has 3 aromatic rings. The predicted octanol–water partition coefficient (Wildman–Crippen LogP) is 4.93. The monoisotopic (exact) mass is 351 g/mol. The van der Waals surface area contributed by atoms with Gasteiger partial charge < -0.3 is 5.32 Å². The fourth-order valence-corrected chi connectivity index (χ4v) is 2.34. The summed E-state index contributed by atoms with van der Waals surface area (Å²) in [6.45, 7) is 0. The number of benzene rings is 1. The van der Waals surface area contributed by atoms with Crippen molar-refractivity contribution in [2.24, 2.45) is 0 Å². The van der Waals surface area contributed by atoms with E-state index in [1.54, 1.807) is 24.5 Å². The van der Waals surface area contributed by atoms with E-state index in [1.165, 1.54) is 12.1 Å². The first-order valence-electron chi connectivity index (χ1n) is 5.76. The first-order valence-corrected chi connectivity index (χ1v) is 6.93. The zero-order valence-electron chi connectivity index (χ0n) is 10.1. The van der Waals surface area contributed by atoms with Gasteiger partial charge in [-0.1, -0.05) is 11.6 Å². The molecule has 100 valence electrons. The van der Waals surface area contributed by atoms with Gasteiger partial charge in [0.15, 0.2) is 0 Å². The third-order valence-electron chi connectivity index (χ3n) is 2.74. The van der Waals surface area contributed by atoms with Crippen LogP contribution < -0.4 is 5.32 Å². The van der Waals surface area contributed by atoms with E-state index < -0.39 is 5.82 Å². The van der Waals surface area contributed by atoms with Crippen LogP contribution >= 0.6 is 27.5 Å². The molecular weight excluding hydrogens is 345 g/mol. The zero-order valence-corrected chi connectivity index (χ0v) is 12.4. The highest BCUT2D eigenvalue weighted by Crippen LogP contribution is 2.27. The summed E-state index contributed by atoms with van der Waals surface area (Å²) < 4.78 is 14.0. The molecule has 3 rings (SSSR count). The van der Waals surface area contributed by atoms with E-state index in [-0.39, 0.29) is 5.02 Å². The normalized spacial score (nSPS) is 10.8. The molecule has 0 radical (unpaired) electrons. The third-order valence-corrected chi connectivity index (χ3v) is 3.47. The molecule has 0 aliphatic heterocycles. The lowest BCUT2D eigenvalue weighted by Crippen LogP contribution is -1.94. The van der Waals surface area contributed by atoms with Crippen molar-refractivity contribution in [3.8, 4) is 0 Å². The molecule has 0 bridgehead atoms. The number of pyridine rings is 2. The summed E-state index contributed by atoms with van der Waals surface area (Å²) in [6.07, 6.45) is 3.39. The molecule has 6 heteroatoms. The Morgan fingerprint density at radius 2 is 2.00 bits per heavy atom. The molecule has 0 fully saturated rings. The van der Waals surface area contributed by atoms with Gasteiger partial charge in [-0.15, -0.1) is 0 Å². The van der Waals surface area contributed by atoms with Gasteiger partial charge in [0.1, 0.15) is 11.3 Å². The number of anilines is 2. The van der Waals surface area contributed by atoms with Crippen molar-refractivity contribution in [3.63, 3.8) is 0 Å². The van der Waals surface area contributed by atoms with Gasteiger partial charge in [-0.25, -0.2) is 4.39 Å². The van der Waals surface area contributed by atoms with Gasteiger partial charge in [0, 0.05) is 22.6 Å². The molecule has 1 N–H and O–H groups in total. The van der Waals surface area contributed by atoms with E-state index in [4.69, 9.17) is 11.6 Å². The Bertz CT molecular complexity index is 794. The Kier molecular flexibility index (Phi) is 3.54. The summed E-state index contributed by atoms with van der Waals surface area (Å²) in [4.78, 5) is 8.60. The average molecular weight is 353 g/mol. The van der Waals surface area contributed by atoms with Crippen molar-refractivity contribution < 1.29 is 4.39 Å². The van der Waals surface area contributed by atoms with Crippen LogP contribution in [0.25, 0.3) is 11.0 Å². The summed E-state index contributed by atoms with van der Waals surface area (Å²) in [6, 6.07) is 8.15. The second-order valence-corrected chi connectivity index (χ2v) is 5.46. The molecule has 0 aliphatic carbocycles. The van der Waals surface area contributed by atoms with Crippen molar-refractivity contribution in [1.29, 1.82) is 0 Å². The van der Waals surface area contributed by atoms with Crippen LogP contribution in [0, 0.1) is 5.82 Å². The number of fused-ring (bicyclic) bond motifs is 1. The first-order chi connectivity index (χ1) is 9.63. The fourth-order valence-electron chi connectivity index (χ4n) is 1.84. The molecule has 20 heavy (non-hydrogen) atoms. The summed E-state index contributed by atoms with van der Waals surface area (Å²) in [5.74, 6) is -0.446. The number of rotatable bonds is 2. The second-order valence-electron chi connectivity index (χ2n) is 4.13. The van der Waals surface area contributed by atoms with Gasteiger partial charge in [-0.3, -0.25) is 9.97 Å². The molecule has 1 aromatic carbocycles. The van der Waals surface area contributed by atoms with Crippen molar-refractivity contribution in [1.82, 2.24) is 9.97 Å². The number of nitrogens with one attached hydrogen (secondary N) is 1. The standard InChI is InChI=1S/C14H8BrClFN3/c15-8-5-13-14(19-7-8)12(3-4-18-13)20-9-1-2-11(17)10(16)6-9/h1-7H,(H,18,20). The Hall–Kier alpha value is -1.72. The Morgan fingerprint density at radius 3 is 2.80 bits per heavy atom. The Morgan fingerprint density at radius 1 is 1.15 bits per heavy atom. The maximum Gasteiger partial charge on any atom is 0.141 e. The molecule has 3 nitrogen and oxygen atoms in total. The zero-order chi connectivity index (χ0) is 14.1. The molecule has 0 spiro atoms. The smallest absolute Gasteiger partial charge is 0.141 e. The lowest BCUT2D eigenvalue weighted by Gasteiger charge is -2.09. The van der Waals surface area contributed by atoms with Crippen LogP contribution in [0.3, 0.4) is 0 Å². The van der Waals surface area contributed by atoms with Gasteiger partial charge in [-0.05, 0) is 46.3 Å². The van der Waals surface area contributed by atoms with Gasteiger partial charge in [0.25, 0.3) is 0 Å². The quantitative estimate of drug-likeness (QED) is 0.711. The van der Waals surface area contributed by atoms with Crippen LogP contribution in [0.2, 0.25) is 5.02 Å². The predicted molar refractivity (Wildman–Crippen MR) is 81.9 cm³/mol. The molecule has 2 aromatic heterocycles.